The second-order valence-corrected chi connectivity index (χ2v) is 6.46. The van der Waals surface area contributed by atoms with Gasteiger partial charge in [0.15, 0.2) is 6.23 Å². The zero-order valence-electron chi connectivity index (χ0n) is 14.9. The Bertz CT molecular complexity index is 885. The molecule has 2 atom stereocenters. The van der Waals surface area contributed by atoms with Gasteiger partial charge in [0.25, 0.3) is 0 Å². The highest BCUT2D eigenvalue weighted by Crippen LogP contribution is 2.28. The van der Waals surface area contributed by atoms with Crippen molar-refractivity contribution in [2.75, 3.05) is 13.7 Å². The molecule has 1 aromatic heterocycles. The summed E-state index contributed by atoms with van der Waals surface area (Å²) in [5.74, 6) is 0.863. The van der Waals surface area contributed by atoms with E-state index in [1.165, 1.54) is 5.56 Å². The monoisotopic (exact) mass is 349 g/mol. The van der Waals surface area contributed by atoms with E-state index in [0.29, 0.717) is 13.2 Å². The van der Waals surface area contributed by atoms with Crippen molar-refractivity contribution in [1.82, 2.24) is 4.57 Å². The van der Waals surface area contributed by atoms with E-state index in [-0.39, 0.29) is 12.3 Å². The Morgan fingerprint density at radius 1 is 1.12 bits per heavy atom. The minimum Gasteiger partial charge on any atom is -0.497 e. The van der Waals surface area contributed by atoms with Gasteiger partial charge in [-0.1, -0.05) is 36.4 Å². The van der Waals surface area contributed by atoms with E-state index in [0.717, 1.165) is 23.1 Å². The van der Waals surface area contributed by atoms with Crippen LogP contribution in [0, 0.1) is 0 Å². The van der Waals surface area contributed by atoms with Gasteiger partial charge in [-0.05, 0) is 42.3 Å². The molecule has 2 aromatic carbocycles. The topological polar surface area (TPSA) is 32.6 Å². The number of hydrogen-bond donors (Lipinski definition) is 0. The van der Waals surface area contributed by atoms with E-state index in [4.69, 9.17) is 14.2 Å². The maximum Gasteiger partial charge on any atom is 0.153 e. The maximum atomic E-state index is 6.25. The molecule has 0 saturated heterocycles. The predicted octanol–water partition coefficient (Wildman–Crippen LogP) is 4.71. The highest BCUT2D eigenvalue weighted by Gasteiger charge is 2.20. The van der Waals surface area contributed by atoms with Crippen LogP contribution >= 0.6 is 0 Å². The highest BCUT2D eigenvalue weighted by atomic mass is 16.5. The molecule has 1 aliphatic rings. The summed E-state index contributed by atoms with van der Waals surface area (Å²) < 4.78 is 19.6. The third-order valence-corrected chi connectivity index (χ3v) is 4.65. The molecule has 0 bridgehead atoms. The van der Waals surface area contributed by atoms with Crippen LogP contribution < -0.4 is 4.74 Å². The zero-order chi connectivity index (χ0) is 17.8. The number of benzene rings is 2. The van der Waals surface area contributed by atoms with Crippen molar-refractivity contribution in [3.8, 4) is 5.75 Å². The van der Waals surface area contributed by atoms with E-state index < -0.39 is 0 Å². The molecule has 4 heteroatoms. The lowest BCUT2D eigenvalue weighted by molar-refractivity contribution is -0.0734. The lowest BCUT2D eigenvalue weighted by atomic mass is 10.2. The summed E-state index contributed by atoms with van der Waals surface area (Å²) in [7, 11) is 1.69. The van der Waals surface area contributed by atoms with Crippen LogP contribution in [0.2, 0.25) is 0 Å². The molecule has 2 heterocycles. The molecule has 0 unspecified atom stereocenters. The summed E-state index contributed by atoms with van der Waals surface area (Å²) in [6.07, 6.45) is 7.17. The number of rotatable bonds is 6. The number of fused-ring (bicyclic) bond motifs is 1. The van der Waals surface area contributed by atoms with Crippen molar-refractivity contribution in [2.24, 2.45) is 0 Å². The SMILES string of the molecule is COc1ccc2c(ccn2[C@@H]2C=CC[C@@H](COCc3ccccc3)O2)c1. The summed E-state index contributed by atoms with van der Waals surface area (Å²) in [5.41, 5.74) is 2.31. The Hall–Kier alpha value is -2.56. The molecule has 0 fully saturated rings. The van der Waals surface area contributed by atoms with Crippen LogP contribution in [0.25, 0.3) is 10.9 Å². The molecule has 0 aliphatic carbocycles. The van der Waals surface area contributed by atoms with Crippen LogP contribution in [0.5, 0.6) is 5.75 Å². The van der Waals surface area contributed by atoms with Gasteiger partial charge in [0.1, 0.15) is 5.75 Å². The second-order valence-electron chi connectivity index (χ2n) is 6.46. The third-order valence-electron chi connectivity index (χ3n) is 4.65. The molecule has 26 heavy (non-hydrogen) atoms. The minimum atomic E-state index is -0.111. The Balaban J connectivity index is 1.40. The average Bonchev–Trinajstić information content (AvgIpc) is 3.12. The second kappa shape index (κ2) is 7.77. The van der Waals surface area contributed by atoms with Crippen molar-refractivity contribution in [1.29, 1.82) is 0 Å². The van der Waals surface area contributed by atoms with Gasteiger partial charge in [0.05, 0.1) is 31.9 Å². The van der Waals surface area contributed by atoms with Crippen LogP contribution in [-0.2, 0) is 16.1 Å². The largest absolute Gasteiger partial charge is 0.497 e. The molecule has 4 nitrogen and oxygen atoms in total. The third kappa shape index (κ3) is 3.66. The first-order valence-corrected chi connectivity index (χ1v) is 8.92. The summed E-state index contributed by atoms with van der Waals surface area (Å²) in [6.45, 7) is 1.20. The molecule has 0 saturated carbocycles. The van der Waals surface area contributed by atoms with Gasteiger partial charge in [0.2, 0.25) is 0 Å². The lowest BCUT2D eigenvalue weighted by Crippen LogP contribution is -2.26. The smallest absolute Gasteiger partial charge is 0.153 e. The minimum absolute atomic E-state index is 0.0596. The first-order chi connectivity index (χ1) is 12.8. The van der Waals surface area contributed by atoms with Crippen LogP contribution in [0.4, 0.5) is 0 Å². The van der Waals surface area contributed by atoms with Crippen LogP contribution in [-0.4, -0.2) is 24.4 Å². The highest BCUT2D eigenvalue weighted by molar-refractivity contribution is 5.81. The van der Waals surface area contributed by atoms with Gasteiger partial charge in [0, 0.05) is 11.6 Å². The predicted molar refractivity (Wildman–Crippen MR) is 102 cm³/mol. The van der Waals surface area contributed by atoms with Crippen molar-refractivity contribution in [2.45, 2.75) is 25.4 Å². The summed E-state index contributed by atoms with van der Waals surface area (Å²) >= 11 is 0. The van der Waals surface area contributed by atoms with Gasteiger partial charge in [-0.25, -0.2) is 0 Å². The lowest BCUT2D eigenvalue weighted by Gasteiger charge is -2.27. The van der Waals surface area contributed by atoms with Crippen LogP contribution in [0.1, 0.15) is 18.2 Å². The van der Waals surface area contributed by atoms with Crippen molar-refractivity contribution in [3.63, 3.8) is 0 Å². The number of methoxy groups -OCH3 is 1. The quantitative estimate of drug-likeness (QED) is 0.604. The Morgan fingerprint density at radius 2 is 2.00 bits per heavy atom. The van der Waals surface area contributed by atoms with Gasteiger partial charge in [-0.15, -0.1) is 0 Å². The summed E-state index contributed by atoms with van der Waals surface area (Å²) in [6, 6.07) is 18.4. The number of hydrogen-bond acceptors (Lipinski definition) is 3. The first-order valence-electron chi connectivity index (χ1n) is 8.92. The summed E-state index contributed by atoms with van der Waals surface area (Å²) in [5, 5.41) is 1.14. The molecular formula is C22H23NO3. The molecule has 3 aromatic rings. The Morgan fingerprint density at radius 3 is 2.85 bits per heavy atom. The molecular weight excluding hydrogens is 326 g/mol. The van der Waals surface area contributed by atoms with Crippen molar-refractivity contribution in [3.05, 3.63) is 78.5 Å². The molecule has 1 aliphatic heterocycles. The van der Waals surface area contributed by atoms with Crippen molar-refractivity contribution < 1.29 is 14.2 Å². The van der Waals surface area contributed by atoms with Gasteiger partial charge >= 0.3 is 0 Å². The Kier molecular flexibility index (Phi) is 5.04. The number of aromatic nitrogens is 1. The van der Waals surface area contributed by atoms with Gasteiger partial charge in [-0.3, -0.25) is 0 Å². The zero-order valence-corrected chi connectivity index (χ0v) is 14.9. The molecule has 0 radical (unpaired) electrons. The van der Waals surface area contributed by atoms with Crippen LogP contribution in [0.3, 0.4) is 0 Å². The normalized spacial score (nSPS) is 19.7. The Labute approximate surface area is 153 Å². The fourth-order valence-corrected chi connectivity index (χ4v) is 3.28. The molecule has 134 valence electrons. The molecule has 0 N–H and O–H groups in total. The first kappa shape index (κ1) is 16.9. The van der Waals surface area contributed by atoms with E-state index in [1.54, 1.807) is 7.11 Å². The fraction of sp³-hybridized carbons (Fsp3) is 0.273. The maximum absolute atomic E-state index is 6.25. The van der Waals surface area contributed by atoms with E-state index in [1.807, 2.05) is 30.3 Å². The molecule has 4 rings (SSSR count). The van der Waals surface area contributed by atoms with E-state index >= 15 is 0 Å². The molecule has 0 spiro atoms. The van der Waals surface area contributed by atoms with Gasteiger partial charge < -0.3 is 18.8 Å². The number of ether oxygens (including phenoxy) is 3. The molecule has 0 amide bonds. The van der Waals surface area contributed by atoms with Crippen molar-refractivity contribution >= 4 is 10.9 Å². The van der Waals surface area contributed by atoms with Crippen LogP contribution in [0.15, 0.2) is 72.9 Å². The number of nitrogens with zero attached hydrogens (tertiary/aromatic N) is 1. The standard InChI is InChI=1S/C22H23NO3/c1-24-19-10-11-21-18(14-19)12-13-23(21)22-9-5-8-20(26-22)16-25-15-17-6-3-2-4-7-17/h2-7,9-14,20,22H,8,15-16H2,1H3/t20-,22-/m0/s1. The summed E-state index contributed by atoms with van der Waals surface area (Å²) in [4.78, 5) is 0. The average molecular weight is 349 g/mol. The van der Waals surface area contributed by atoms with E-state index in [2.05, 4.69) is 47.2 Å². The fourth-order valence-electron chi connectivity index (χ4n) is 3.28. The van der Waals surface area contributed by atoms with Gasteiger partial charge in [-0.2, -0.15) is 0 Å². The van der Waals surface area contributed by atoms with E-state index in [9.17, 15) is 0 Å².